The van der Waals surface area contributed by atoms with Gasteiger partial charge in [-0.15, -0.1) is 0 Å². The van der Waals surface area contributed by atoms with E-state index >= 15 is 0 Å². The number of rotatable bonds is 7. The minimum Gasteiger partial charge on any atom is -0.492 e. The quantitative estimate of drug-likeness (QED) is 0.387. The maximum atomic E-state index is 13.4. The van der Waals surface area contributed by atoms with Crippen molar-refractivity contribution in [1.29, 1.82) is 0 Å². The molecule has 170 valence electrons. The summed E-state index contributed by atoms with van der Waals surface area (Å²) in [5.41, 5.74) is 4.02. The number of H-pyrrole nitrogens is 1. The normalized spacial score (nSPS) is 14.2. The van der Waals surface area contributed by atoms with E-state index < -0.39 is 16.1 Å². The molecule has 5 rings (SSSR count). The van der Waals surface area contributed by atoms with Crippen LogP contribution < -0.4 is 9.46 Å². The molecule has 3 N–H and O–H groups in total. The average molecular weight is 467 g/mol. The molecular formula is C25H23FN2O4S. The van der Waals surface area contributed by atoms with Crippen molar-refractivity contribution in [3.05, 3.63) is 83.8 Å². The van der Waals surface area contributed by atoms with Gasteiger partial charge in [0.25, 0.3) is 0 Å². The molecule has 0 spiro atoms. The first-order valence-electron chi connectivity index (χ1n) is 10.7. The number of para-hydroxylation sites is 1. The molecule has 0 saturated heterocycles. The second-order valence-corrected chi connectivity index (χ2v) is 9.81. The number of aliphatic hydroxyl groups excluding tert-OH is 1. The number of hydrogen-bond acceptors (Lipinski definition) is 4. The predicted molar refractivity (Wildman–Crippen MR) is 124 cm³/mol. The molecule has 0 unspecified atom stereocenters. The lowest BCUT2D eigenvalue weighted by Gasteiger charge is -2.18. The first-order valence-corrected chi connectivity index (χ1v) is 12.2. The minimum atomic E-state index is -4.01. The van der Waals surface area contributed by atoms with Gasteiger partial charge in [-0.25, -0.2) is 17.5 Å². The zero-order valence-corrected chi connectivity index (χ0v) is 18.5. The summed E-state index contributed by atoms with van der Waals surface area (Å²) in [4.78, 5) is 3.19. The molecule has 1 atom stereocenters. The lowest BCUT2D eigenvalue weighted by atomic mass is 10.0. The van der Waals surface area contributed by atoms with Gasteiger partial charge < -0.3 is 14.8 Å². The van der Waals surface area contributed by atoms with Gasteiger partial charge in [0.2, 0.25) is 10.0 Å². The summed E-state index contributed by atoms with van der Waals surface area (Å²) in [6.45, 7) is 0.0307. The van der Waals surface area contributed by atoms with Crippen LogP contribution in [0, 0.1) is 5.82 Å². The smallest absolute Gasteiger partial charge is 0.244 e. The monoisotopic (exact) mass is 466 g/mol. The summed E-state index contributed by atoms with van der Waals surface area (Å²) in [6.07, 6.45) is 2.74. The van der Waals surface area contributed by atoms with Gasteiger partial charge in [0, 0.05) is 29.6 Å². The molecular weight excluding hydrogens is 443 g/mol. The molecule has 0 fully saturated rings. The highest BCUT2D eigenvalue weighted by Crippen LogP contribution is 2.37. The molecule has 1 aliphatic heterocycles. The summed E-state index contributed by atoms with van der Waals surface area (Å²) in [6, 6.07) is 16.3. The number of ether oxygens (including phenoxy) is 1. The van der Waals surface area contributed by atoms with E-state index in [1.807, 2.05) is 36.5 Å². The Hall–Kier alpha value is -3.20. The van der Waals surface area contributed by atoms with Crippen LogP contribution in [0.3, 0.4) is 0 Å². The second-order valence-electron chi connectivity index (χ2n) is 8.13. The van der Waals surface area contributed by atoms with E-state index in [2.05, 4.69) is 9.71 Å². The van der Waals surface area contributed by atoms with Crippen LogP contribution in [0.15, 0.2) is 71.8 Å². The van der Waals surface area contributed by atoms with E-state index in [0.717, 1.165) is 22.0 Å². The number of halogens is 1. The van der Waals surface area contributed by atoms with Crippen molar-refractivity contribution < 1.29 is 22.7 Å². The number of aliphatic hydroxyl groups is 1. The summed E-state index contributed by atoms with van der Waals surface area (Å²) < 4.78 is 48.5. The Bertz CT molecular complexity index is 1410. The molecule has 33 heavy (non-hydrogen) atoms. The molecule has 0 bridgehead atoms. The molecule has 0 saturated carbocycles. The fourth-order valence-corrected chi connectivity index (χ4v) is 5.71. The minimum absolute atomic E-state index is 0.0224. The molecule has 0 radical (unpaired) electrons. The third-order valence-electron chi connectivity index (χ3n) is 5.90. The Morgan fingerprint density at radius 1 is 1.09 bits per heavy atom. The van der Waals surface area contributed by atoms with Gasteiger partial charge in [-0.3, -0.25) is 0 Å². The van der Waals surface area contributed by atoms with Gasteiger partial charge >= 0.3 is 0 Å². The summed E-state index contributed by atoms with van der Waals surface area (Å²) in [5, 5.41) is 10.9. The maximum absolute atomic E-state index is 13.4. The molecule has 6 nitrogen and oxygen atoms in total. The van der Waals surface area contributed by atoms with Crippen LogP contribution in [0.1, 0.15) is 11.1 Å². The van der Waals surface area contributed by atoms with Crippen LogP contribution in [0.4, 0.5) is 4.39 Å². The lowest BCUT2D eigenvalue weighted by Crippen LogP contribution is -2.39. The number of nitrogens with one attached hydrogen (secondary N) is 2. The van der Waals surface area contributed by atoms with Crippen LogP contribution in [0.5, 0.6) is 5.75 Å². The van der Waals surface area contributed by atoms with Crippen LogP contribution in [-0.2, 0) is 22.9 Å². The third-order valence-corrected chi connectivity index (χ3v) is 7.43. The largest absolute Gasteiger partial charge is 0.492 e. The van der Waals surface area contributed by atoms with Crippen LogP contribution in [-0.4, -0.2) is 37.8 Å². The van der Waals surface area contributed by atoms with Gasteiger partial charge in [-0.05, 0) is 59.0 Å². The molecule has 1 aromatic heterocycles. The fourth-order valence-electron chi connectivity index (χ4n) is 4.27. The zero-order chi connectivity index (χ0) is 23.0. The van der Waals surface area contributed by atoms with Gasteiger partial charge in [0.15, 0.2) is 0 Å². The highest BCUT2D eigenvalue weighted by molar-refractivity contribution is 7.89. The molecule has 0 aliphatic carbocycles. The van der Waals surface area contributed by atoms with E-state index in [0.29, 0.717) is 36.3 Å². The van der Waals surface area contributed by atoms with Crippen LogP contribution in [0.2, 0.25) is 0 Å². The fraction of sp³-hybridized carbons (Fsp3) is 0.200. The molecule has 0 amide bonds. The van der Waals surface area contributed by atoms with Crippen molar-refractivity contribution in [3.63, 3.8) is 0 Å². The van der Waals surface area contributed by atoms with Gasteiger partial charge in [0.05, 0.1) is 13.2 Å². The number of benzene rings is 3. The van der Waals surface area contributed by atoms with Gasteiger partial charge in [0.1, 0.15) is 16.5 Å². The SMILES string of the molecule is O=S(=O)(N[C@@H](CO)Cc1c[nH]c2ccccc12)c1cc(-c2ccc(F)cc2)cc2c1OCC2. The number of sulfonamides is 1. The van der Waals surface area contributed by atoms with E-state index in [9.17, 15) is 17.9 Å². The lowest BCUT2D eigenvalue weighted by molar-refractivity contribution is 0.256. The Morgan fingerprint density at radius 3 is 2.67 bits per heavy atom. The first kappa shape index (κ1) is 21.6. The Balaban J connectivity index is 1.48. The predicted octanol–water partition coefficient (Wildman–Crippen LogP) is 3.79. The first-order chi connectivity index (χ1) is 15.9. The molecule has 3 aromatic carbocycles. The number of hydrogen-bond donors (Lipinski definition) is 3. The maximum Gasteiger partial charge on any atom is 0.244 e. The Kier molecular flexibility index (Phi) is 5.65. The van der Waals surface area contributed by atoms with Gasteiger partial charge in [-0.1, -0.05) is 30.3 Å². The van der Waals surface area contributed by atoms with Crippen molar-refractivity contribution in [3.8, 4) is 16.9 Å². The summed E-state index contributed by atoms with van der Waals surface area (Å²) in [5.74, 6) is -0.0297. The molecule has 4 aromatic rings. The van der Waals surface area contributed by atoms with Crippen molar-refractivity contribution in [2.45, 2.75) is 23.8 Å². The van der Waals surface area contributed by atoms with E-state index in [-0.39, 0.29) is 17.3 Å². The Morgan fingerprint density at radius 2 is 1.88 bits per heavy atom. The van der Waals surface area contributed by atoms with Crippen molar-refractivity contribution in [2.24, 2.45) is 0 Å². The van der Waals surface area contributed by atoms with Crippen molar-refractivity contribution in [1.82, 2.24) is 9.71 Å². The highest BCUT2D eigenvalue weighted by atomic mass is 32.2. The van der Waals surface area contributed by atoms with E-state index in [1.165, 1.54) is 12.1 Å². The molecule has 8 heteroatoms. The van der Waals surface area contributed by atoms with E-state index in [4.69, 9.17) is 4.74 Å². The molecule has 2 heterocycles. The average Bonchev–Trinajstić information content (AvgIpc) is 3.45. The standard InChI is InChI=1S/C25H23FN2O4S/c26-20-7-5-16(6-8-20)18-11-17-9-10-32-25(17)24(13-18)33(30,31)28-21(15-29)12-19-14-27-23-4-2-1-3-22(19)23/h1-8,11,13-14,21,27-29H,9-10,12,15H2/t21-/m1/s1. The topological polar surface area (TPSA) is 91.4 Å². The Labute approximate surface area is 191 Å². The van der Waals surface area contributed by atoms with E-state index in [1.54, 1.807) is 18.2 Å². The summed E-state index contributed by atoms with van der Waals surface area (Å²) >= 11 is 0. The highest BCUT2D eigenvalue weighted by Gasteiger charge is 2.29. The number of fused-ring (bicyclic) bond motifs is 2. The van der Waals surface area contributed by atoms with Crippen LogP contribution >= 0.6 is 0 Å². The number of aromatic amines is 1. The number of aromatic nitrogens is 1. The zero-order valence-electron chi connectivity index (χ0n) is 17.7. The van der Waals surface area contributed by atoms with Crippen LogP contribution in [0.25, 0.3) is 22.0 Å². The van der Waals surface area contributed by atoms with Crippen molar-refractivity contribution in [2.75, 3.05) is 13.2 Å². The third kappa shape index (κ3) is 4.25. The van der Waals surface area contributed by atoms with Crippen molar-refractivity contribution >= 4 is 20.9 Å². The molecule has 1 aliphatic rings. The van der Waals surface area contributed by atoms with Gasteiger partial charge in [-0.2, -0.15) is 0 Å². The summed E-state index contributed by atoms with van der Waals surface area (Å²) in [7, 11) is -4.01. The second kappa shape index (κ2) is 8.62.